The second-order valence-corrected chi connectivity index (χ2v) is 11.7. The van der Waals surface area contributed by atoms with Crippen LogP contribution >= 0.6 is 11.8 Å². The summed E-state index contributed by atoms with van der Waals surface area (Å²) in [6.07, 6.45) is 1.25. The molecule has 3 aliphatic heterocycles. The third-order valence-electron chi connectivity index (χ3n) is 8.21. The fraction of sp³-hybridized carbons (Fsp3) is 0.464. The zero-order valence-electron chi connectivity index (χ0n) is 21.2. The number of rotatable bonds is 8. The van der Waals surface area contributed by atoms with Gasteiger partial charge in [0, 0.05) is 16.6 Å². The molecule has 196 valence electrons. The van der Waals surface area contributed by atoms with Gasteiger partial charge in [-0.1, -0.05) is 32.0 Å². The molecule has 2 aromatic rings. The van der Waals surface area contributed by atoms with Crippen molar-refractivity contribution in [3.63, 3.8) is 0 Å². The molecule has 0 saturated carbocycles. The van der Waals surface area contributed by atoms with E-state index >= 15 is 0 Å². The van der Waals surface area contributed by atoms with E-state index in [2.05, 4.69) is 17.6 Å². The fourth-order valence-corrected chi connectivity index (χ4v) is 8.91. The number of nitrogens with one attached hydrogen (secondary N) is 2. The Labute approximate surface area is 221 Å². The Morgan fingerprint density at radius 3 is 2.38 bits per heavy atom. The van der Waals surface area contributed by atoms with E-state index in [0.29, 0.717) is 23.5 Å². The normalized spacial score (nSPS) is 30.6. The zero-order chi connectivity index (χ0) is 26.3. The Morgan fingerprint density at radius 2 is 1.76 bits per heavy atom. The third kappa shape index (κ3) is 4.08. The Hall–Kier alpha value is -3.04. The first kappa shape index (κ1) is 25.6. The number of carbonyl (C=O) groups excluding carboxylic acids is 3. The predicted octanol–water partition coefficient (Wildman–Crippen LogP) is 3.38. The fourth-order valence-electron chi connectivity index (χ4n) is 6.50. The van der Waals surface area contributed by atoms with E-state index in [1.54, 1.807) is 48.0 Å². The number of likely N-dealkylation sites (tertiary alicyclic amines) is 1. The number of methoxy groups -OCH3 is 1. The summed E-state index contributed by atoms with van der Waals surface area (Å²) >= 11 is 1.62. The smallest absolute Gasteiger partial charge is 0.248 e. The van der Waals surface area contributed by atoms with E-state index in [-0.39, 0.29) is 35.5 Å². The minimum Gasteiger partial charge on any atom is -0.497 e. The van der Waals surface area contributed by atoms with Gasteiger partial charge in [-0.2, -0.15) is 0 Å². The Bertz CT molecular complexity index is 1170. The lowest BCUT2D eigenvalue weighted by Crippen LogP contribution is -2.56. The summed E-state index contributed by atoms with van der Waals surface area (Å²) < 4.78 is 4.47. The van der Waals surface area contributed by atoms with Crippen molar-refractivity contribution in [2.75, 3.05) is 24.4 Å². The molecule has 0 aromatic heterocycles. The van der Waals surface area contributed by atoms with Gasteiger partial charge >= 0.3 is 0 Å². The summed E-state index contributed by atoms with van der Waals surface area (Å²) in [5, 5.41) is 16.1. The predicted molar refractivity (Wildman–Crippen MR) is 143 cm³/mol. The van der Waals surface area contributed by atoms with Crippen LogP contribution < -0.4 is 15.4 Å². The zero-order valence-corrected chi connectivity index (χ0v) is 22.0. The standard InChI is InChI=1S/C28H33N3O5S/c1-4-19(15-32)31-24(26(34)30-18-10-12-20(36-3)13-11-18)28-16(2)14-21(37-28)22(23(28)27(31)35)25(33)29-17-8-6-5-7-9-17/h5-13,16,19,21-24,32H,4,14-15H2,1-3H3,(H,29,33)(H,30,34)/t16?,19-,21-,22+,23-,24?,28?/m0/s1. The summed E-state index contributed by atoms with van der Waals surface area (Å²) in [4.78, 5) is 43.3. The first-order valence-electron chi connectivity index (χ1n) is 12.8. The van der Waals surface area contributed by atoms with Gasteiger partial charge in [-0.25, -0.2) is 0 Å². The Balaban J connectivity index is 1.51. The van der Waals surface area contributed by atoms with Gasteiger partial charge in [-0.05, 0) is 55.2 Å². The van der Waals surface area contributed by atoms with Crippen LogP contribution in [0, 0.1) is 17.8 Å². The van der Waals surface area contributed by atoms with Crippen LogP contribution in [0.25, 0.3) is 0 Å². The van der Waals surface area contributed by atoms with Crippen LogP contribution in [-0.2, 0) is 14.4 Å². The van der Waals surface area contributed by atoms with E-state index in [1.165, 1.54) is 0 Å². The van der Waals surface area contributed by atoms with Crippen molar-refractivity contribution < 1.29 is 24.2 Å². The van der Waals surface area contributed by atoms with Crippen LogP contribution in [0.15, 0.2) is 54.6 Å². The number of hydrogen-bond donors (Lipinski definition) is 3. The maximum atomic E-state index is 14.1. The summed E-state index contributed by atoms with van der Waals surface area (Å²) in [6.45, 7) is 3.72. The number of amides is 3. The summed E-state index contributed by atoms with van der Waals surface area (Å²) in [5.74, 6) is -1.17. The van der Waals surface area contributed by atoms with Crippen molar-refractivity contribution >= 4 is 40.9 Å². The maximum absolute atomic E-state index is 14.1. The van der Waals surface area contributed by atoms with Crippen LogP contribution in [0.1, 0.15) is 26.7 Å². The molecule has 3 saturated heterocycles. The topological polar surface area (TPSA) is 108 Å². The largest absolute Gasteiger partial charge is 0.497 e. The molecule has 3 amide bonds. The van der Waals surface area contributed by atoms with E-state index in [0.717, 1.165) is 6.42 Å². The lowest BCUT2D eigenvalue weighted by atomic mass is 9.66. The highest BCUT2D eigenvalue weighted by Crippen LogP contribution is 2.69. The van der Waals surface area contributed by atoms with Gasteiger partial charge in [0.2, 0.25) is 17.7 Å². The molecule has 2 bridgehead atoms. The molecule has 3 fully saturated rings. The lowest BCUT2D eigenvalue weighted by molar-refractivity contribution is -0.141. The van der Waals surface area contributed by atoms with Crippen LogP contribution in [0.5, 0.6) is 5.75 Å². The van der Waals surface area contributed by atoms with Crippen molar-refractivity contribution in [3.05, 3.63) is 54.6 Å². The Morgan fingerprint density at radius 1 is 1.11 bits per heavy atom. The number of ether oxygens (including phenoxy) is 1. The monoisotopic (exact) mass is 523 g/mol. The van der Waals surface area contributed by atoms with Gasteiger partial charge in [-0.3, -0.25) is 14.4 Å². The summed E-state index contributed by atoms with van der Waals surface area (Å²) in [7, 11) is 1.58. The van der Waals surface area contributed by atoms with Crippen molar-refractivity contribution in [2.45, 2.75) is 48.8 Å². The van der Waals surface area contributed by atoms with E-state index in [4.69, 9.17) is 4.74 Å². The van der Waals surface area contributed by atoms with Crippen LogP contribution in [0.2, 0.25) is 0 Å². The maximum Gasteiger partial charge on any atom is 0.248 e. The molecule has 2 aromatic carbocycles. The van der Waals surface area contributed by atoms with Gasteiger partial charge in [0.15, 0.2) is 0 Å². The average Bonchev–Trinajstić information content (AvgIpc) is 3.50. The number of hydrogen-bond acceptors (Lipinski definition) is 6. The summed E-state index contributed by atoms with van der Waals surface area (Å²) in [6, 6.07) is 15.0. The first-order valence-corrected chi connectivity index (χ1v) is 13.6. The van der Waals surface area contributed by atoms with Crippen LogP contribution in [0.3, 0.4) is 0 Å². The molecule has 3 heterocycles. The molecule has 3 unspecified atom stereocenters. The SMILES string of the molecule is CC[C@@H](CO)N1C(=O)[C@@H]2[C@H](C(=O)Nc3ccccc3)[C@@H]3CC(C)C2(S3)C1C(=O)Nc1ccc(OC)cc1. The number of fused-ring (bicyclic) bond motifs is 1. The van der Waals surface area contributed by atoms with E-state index in [1.807, 2.05) is 37.3 Å². The van der Waals surface area contributed by atoms with Crippen molar-refractivity contribution in [1.29, 1.82) is 0 Å². The minimum atomic E-state index is -0.802. The third-order valence-corrected chi connectivity index (χ3v) is 10.3. The summed E-state index contributed by atoms with van der Waals surface area (Å²) in [5.41, 5.74) is 1.28. The number of carbonyl (C=O) groups is 3. The van der Waals surface area contributed by atoms with E-state index in [9.17, 15) is 19.5 Å². The second kappa shape index (κ2) is 10.0. The molecule has 7 atom stereocenters. The molecule has 5 rings (SSSR count). The van der Waals surface area contributed by atoms with Gasteiger partial charge in [0.1, 0.15) is 11.8 Å². The molecule has 0 aliphatic carbocycles. The van der Waals surface area contributed by atoms with Crippen molar-refractivity contribution in [3.8, 4) is 5.75 Å². The number of para-hydroxylation sites is 1. The molecule has 0 radical (unpaired) electrons. The van der Waals surface area contributed by atoms with Crippen molar-refractivity contribution in [1.82, 2.24) is 4.90 Å². The number of anilines is 2. The highest BCUT2D eigenvalue weighted by atomic mass is 32.2. The number of nitrogens with zero attached hydrogens (tertiary/aromatic N) is 1. The van der Waals surface area contributed by atoms with E-state index < -0.39 is 28.7 Å². The molecule has 1 spiro atoms. The quantitative estimate of drug-likeness (QED) is 0.490. The number of benzene rings is 2. The number of aliphatic hydroxyl groups excluding tert-OH is 1. The van der Waals surface area contributed by atoms with Gasteiger partial charge in [-0.15, -0.1) is 11.8 Å². The lowest BCUT2D eigenvalue weighted by Gasteiger charge is -2.40. The highest BCUT2D eigenvalue weighted by Gasteiger charge is 2.76. The van der Waals surface area contributed by atoms with Gasteiger partial charge < -0.3 is 25.4 Å². The van der Waals surface area contributed by atoms with Gasteiger partial charge in [0.25, 0.3) is 0 Å². The molecule has 8 nitrogen and oxygen atoms in total. The molecule has 37 heavy (non-hydrogen) atoms. The minimum absolute atomic E-state index is 0.0463. The number of thioether (sulfide) groups is 1. The molecule has 9 heteroatoms. The molecular weight excluding hydrogens is 490 g/mol. The molecule has 3 aliphatic rings. The van der Waals surface area contributed by atoms with Crippen LogP contribution in [0.4, 0.5) is 11.4 Å². The highest BCUT2D eigenvalue weighted by molar-refractivity contribution is 8.02. The van der Waals surface area contributed by atoms with Crippen LogP contribution in [-0.4, -0.2) is 63.5 Å². The average molecular weight is 524 g/mol. The number of aliphatic hydroxyl groups is 1. The Kier molecular flexibility index (Phi) is 6.93. The molecular formula is C28H33N3O5S. The molecule has 3 N–H and O–H groups in total. The van der Waals surface area contributed by atoms with Gasteiger partial charge in [0.05, 0.1) is 36.3 Å². The second-order valence-electron chi connectivity index (χ2n) is 10.1. The first-order chi connectivity index (χ1) is 17.8. The van der Waals surface area contributed by atoms with Crippen molar-refractivity contribution in [2.24, 2.45) is 17.8 Å².